The number of fused-ring (bicyclic) bond motifs is 1. The Morgan fingerprint density at radius 3 is 2.95 bits per heavy atom. The van der Waals surface area contributed by atoms with Crippen LogP contribution in [0.5, 0.6) is 11.5 Å². The number of amides is 1. The van der Waals surface area contributed by atoms with Gasteiger partial charge in [0.15, 0.2) is 6.10 Å². The summed E-state index contributed by atoms with van der Waals surface area (Å²) in [6.07, 6.45) is 1.70. The molecule has 0 aromatic heterocycles. The monoisotopic (exact) mass is 276 g/mol. The van der Waals surface area contributed by atoms with E-state index in [-0.39, 0.29) is 11.9 Å². The first-order valence-electron chi connectivity index (χ1n) is 7.13. The van der Waals surface area contributed by atoms with E-state index >= 15 is 0 Å². The zero-order valence-corrected chi connectivity index (χ0v) is 11.7. The molecule has 20 heavy (non-hydrogen) atoms. The number of carbonyl (C=O) groups is 1. The molecular formula is C15H20N2O3. The van der Waals surface area contributed by atoms with Crippen LogP contribution in [-0.2, 0) is 4.79 Å². The summed E-state index contributed by atoms with van der Waals surface area (Å²) in [4.78, 5) is 14.1. The molecule has 5 nitrogen and oxygen atoms in total. The molecule has 0 saturated carbocycles. The fraction of sp³-hybridized carbons (Fsp3) is 0.533. The molecule has 2 N–H and O–H groups in total. The van der Waals surface area contributed by atoms with E-state index < -0.39 is 6.10 Å². The van der Waals surface area contributed by atoms with Crippen molar-refractivity contribution in [2.45, 2.75) is 31.9 Å². The molecule has 2 atom stereocenters. The van der Waals surface area contributed by atoms with E-state index in [1.165, 1.54) is 0 Å². The number of nitrogens with two attached hydrogens (primary N) is 1. The Hall–Kier alpha value is -1.75. The summed E-state index contributed by atoms with van der Waals surface area (Å²) >= 11 is 0. The molecule has 1 saturated heterocycles. The van der Waals surface area contributed by atoms with Crippen molar-refractivity contribution in [2.75, 3.05) is 19.7 Å². The average Bonchev–Trinajstić information content (AvgIpc) is 3.08. The molecule has 1 aromatic rings. The lowest BCUT2D eigenvalue weighted by molar-refractivity contribution is -0.136. The van der Waals surface area contributed by atoms with Crippen LogP contribution in [0.2, 0.25) is 0 Å². The zero-order valence-electron chi connectivity index (χ0n) is 11.7. The Morgan fingerprint density at radius 1 is 1.45 bits per heavy atom. The summed E-state index contributed by atoms with van der Waals surface area (Å²) < 4.78 is 11.2. The SMILES string of the molecule is CC(Oc1ccc2c(c1)OCC2N)C(=O)N1CCCC1. The fourth-order valence-electron chi connectivity index (χ4n) is 2.74. The molecule has 1 amide bonds. The summed E-state index contributed by atoms with van der Waals surface area (Å²) in [5.41, 5.74) is 6.90. The minimum atomic E-state index is -0.471. The van der Waals surface area contributed by atoms with Gasteiger partial charge in [0.2, 0.25) is 0 Å². The van der Waals surface area contributed by atoms with Crippen molar-refractivity contribution in [3.05, 3.63) is 23.8 Å². The van der Waals surface area contributed by atoms with Crippen LogP contribution >= 0.6 is 0 Å². The summed E-state index contributed by atoms with van der Waals surface area (Å²) in [7, 11) is 0. The minimum absolute atomic E-state index is 0.0561. The van der Waals surface area contributed by atoms with Crippen LogP contribution in [-0.4, -0.2) is 36.6 Å². The number of hydrogen-bond acceptors (Lipinski definition) is 4. The average molecular weight is 276 g/mol. The Balaban J connectivity index is 1.67. The van der Waals surface area contributed by atoms with Gasteiger partial charge in [0, 0.05) is 24.7 Å². The van der Waals surface area contributed by atoms with Gasteiger partial charge in [-0.2, -0.15) is 0 Å². The third kappa shape index (κ3) is 2.45. The van der Waals surface area contributed by atoms with E-state index in [4.69, 9.17) is 15.2 Å². The quantitative estimate of drug-likeness (QED) is 0.908. The van der Waals surface area contributed by atoms with E-state index in [1.807, 2.05) is 23.1 Å². The van der Waals surface area contributed by atoms with Crippen LogP contribution in [0.4, 0.5) is 0 Å². The molecule has 0 radical (unpaired) electrons. The van der Waals surface area contributed by atoms with Crippen molar-refractivity contribution in [1.82, 2.24) is 4.90 Å². The maximum Gasteiger partial charge on any atom is 0.263 e. The maximum absolute atomic E-state index is 12.2. The molecule has 0 aliphatic carbocycles. The van der Waals surface area contributed by atoms with Crippen LogP contribution in [0.1, 0.15) is 31.4 Å². The molecule has 2 unspecified atom stereocenters. The van der Waals surface area contributed by atoms with Gasteiger partial charge in [0.05, 0.1) is 6.04 Å². The second-order valence-electron chi connectivity index (χ2n) is 5.41. The summed E-state index contributed by atoms with van der Waals surface area (Å²) in [6.45, 7) is 3.98. The molecule has 1 fully saturated rings. The van der Waals surface area contributed by atoms with Crippen LogP contribution in [0, 0.1) is 0 Å². The van der Waals surface area contributed by atoms with Gasteiger partial charge >= 0.3 is 0 Å². The maximum atomic E-state index is 12.2. The number of benzene rings is 1. The van der Waals surface area contributed by atoms with Crippen molar-refractivity contribution >= 4 is 5.91 Å². The lowest BCUT2D eigenvalue weighted by atomic mass is 10.1. The highest BCUT2D eigenvalue weighted by Crippen LogP contribution is 2.34. The lowest BCUT2D eigenvalue weighted by Crippen LogP contribution is -2.38. The second-order valence-corrected chi connectivity index (χ2v) is 5.41. The normalized spacial score (nSPS) is 22.3. The Labute approximate surface area is 118 Å². The van der Waals surface area contributed by atoms with Gasteiger partial charge in [-0.25, -0.2) is 0 Å². The second kappa shape index (κ2) is 5.32. The van der Waals surface area contributed by atoms with Crippen molar-refractivity contribution in [3.8, 4) is 11.5 Å². The van der Waals surface area contributed by atoms with E-state index in [2.05, 4.69) is 0 Å². The number of nitrogens with zero attached hydrogens (tertiary/aromatic N) is 1. The van der Waals surface area contributed by atoms with Gasteiger partial charge in [-0.15, -0.1) is 0 Å². The minimum Gasteiger partial charge on any atom is -0.491 e. The van der Waals surface area contributed by atoms with Crippen molar-refractivity contribution in [3.63, 3.8) is 0 Å². The van der Waals surface area contributed by atoms with Gasteiger partial charge in [0.25, 0.3) is 5.91 Å². The molecule has 3 rings (SSSR count). The van der Waals surface area contributed by atoms with Crippen molar-refractivity contribution in [1.29, 1.82) is 0 Å². The number of hydrogen-bond donors (Lipinski definition) is 1. The molecule has 0 spiro atoms. The molecule has 2 aliphatic rings. The molecule has 2 heterocycles. The topological polar surface area (TPSA) is 64.8 Å². The summed E-state index contributed by atoms with van der Waals surface area (Å²) in [6, 6.07) is 5.51. The van der Waals surface area contributed by atoms with E-state index in [0.29, 0.717) is 12.4 Å². The smallest absolute Gasteiger partial charge is 0.263 e. The van der Waals surface area contributed by atoms with Crippen molar-refractivity contribution in [2.24, 2.45) is 5.73 Å². The number of rotatable bonds is 3. The summed E-state index contributed by atoms with van der Waals surface area (Å²) in [5, 5.41) is 0. The first kappa shape index (κ1) is 13.2. The predicted octanol–water partition coefficient (Wildman–Crippen LogP) is 1.47. The highest BCUT2D eigenvalue weighted by atomic mass is 16.5. The van der Waals surface area contributed by atoms with Gasteiger partial charge in [-0.3, -0.25) is 4.79 Å². The zero-order chi connectivity index (χ0) is 14.1. The van der Waals surface area contributed by atoms with Gasteiger partial charge < -0.3 is 20.1 Å². The van der Waals surface area contributed by atoms with Crippen molar-refractivity contribution < 1.29 is 14.3 Å². The van der Waals surface area contributed by atoms with Crippen LogP contribution in [0.25, 0.3) is 0 Å². The number of carbonyl (C=O) groups excluding carboxylic acids is 1. The van der Waals surface area contributed by atoms with Crippen LogP contribution in [0.15, 0.2) is 18.2 Å². The molecule has 5 heteroatoms. The molecule has 1 aromatic carbocycles. The number of ether oxygens (including phenoxy) is 2. The first-order valence-corrected chi connectivity index (χ1v) is 7.13. The van der Waals surface area contributed by atoms with Gasteiger partial charge in [-0.1, -0.05) is 0 Å². The standard InChI is InChI=1S/C15H20N2O3/c1-10(15(18)17-6-2-3-7-17)20-11-4-5-12-13(16)9-19-14(12)8-11/h4-5,8,10,13H,2-3,6-7,9,16H2,1H3. The van der Waals surface area contributed by atoms with E-state index in [9.17, 15) is 4.79 Å². The Bertz CT molecular complexity index is 512. The molecule has 108 valence electrons. The van der Waals surface area contributed by atoms with E-state index in [0.717, 1.165) is 37.2 Å². The predicted molar refractivity (Wildman–Crippen MR) is 74.8 cm³/mol. The highest BCUT2D eigenvalue weighted by molar-refractivity contribution is 5.81. The first-order chi connectivity index (χ1) is 9.65. The highest BCUT2D eigenvalue weighted by Gasteiger charge is 2.26. The molecule has 0 bridgehead atoms. The lowest BCUT2D eigenvalue weighted by Gasteiger charge is -2.21. The number of likely N-dealkylation sites (tertiary alicyclic amines) is 1. The Kier molecular flexibility index (Phi) is 3.53. The summed E-state index contributed by atoms with van der Waals surface area (Å²) in [5.74, 6) is 1.47. The molecule has 2 aliphatic heterocycles. The molecular weight excluding hydrogens is 256 g/mol. The third-order valence-corrected chi connectivity index (χ3v) is 3.88. The largest absolute Gasteiger partial charge is 0.491 e. The van der Waals surface area contributed by atoms with Gasteiger partial charge in [-0.05, 0) is 31.9 Å². The fourth-order valence-corrected chi connectivity index (χ4v) is 2.74. The van der Waals surface area contributed by atoms with E-state index in [1.54, 1.807) is 6.92 Å². The Morgan fingerprint density at radius 2 is 2.20 bits per heavy atom. The van der Waals surface area contributed by atoms with Crippen LogP contribution in [0.3, 0.4) is 0 Å². The van der Waals surface area contributed by atoms with Crippen LogP contribution < -0.4 is 15.2 Å². The third-order valence-electron chi connectivity index (χ3n) is 3.88. The van der Waals surface area contributed by atoms with Gasteiger partial charge in [0.1, 0.15) is 18.1 Å².